The number of benzene rings is 1. The summed E-state index contributed by atoms with van der Waals surface area (Å²) >= 11 is 0. The average molecular weight is 260 g/mol. The van der Waals surface area contributed by atoms with Gasteiger partial charge >= 0.3 is 5.97 Å². The van der Waals surface area contributed by atoms with Crippen molar-refractivity contribution in [2.75, 3.05) is 7.11 Å². The van der Waals surface area contributed by atoms with Gasteiger partial charge in [-0.25, -0.2) is 4.98 Å². The van der Waals surface area contributed by atoms with Crippen LogP contribution in [0.3, 0.4) is 0 Å². The van der Waals surface area contributed by atoms with Crippen molar-refractivity contribution in [3.05, 3.63) is 35.8 Å². The first-order valence-electron chi connectivity index (χ1n) is 6.07. The van der Waals surface area contributed by atoms with E-state index in [0.29, 0.717) is 17.1 Å². The van der Waals surface area contributed by atoms with Crippen molar-refractivity contribution in [2.45, 2.75) is 19.8 Å². The van der Waals surface area contributed by atoms with Gasteiger partial charge in [-0.1, -0.05) is 13.0 Å². The van der Waals surface area contributed by atoms with E-state index in [-0.39, 0.29) is 6.42 Å². The third-order valence-electron chi connectivity index (χ3n) is 2.97. The number of ether oxygens (including phenoxy) is 1. The molecule has 1 aromatic carbocycles. The molecule has 1 heterocycles. The number of nitrogens with zero attached hydrogens (tertiary/aromatic N) is 1. The zero-order valence-corrected chi connectivity index (χ0v) is 10.9. The molecule has 19 heavy (non-hydrogen) atoms. The zero-order valence-electron chi connectivity index (χ0n) is 10.9. The third kappa shape index (κ3) is 2.76. The second kappa shape index (κ2) is 5.56. The standard InChI is InChI=1S/C14H16N2O3/c1-3-9-4-5-12(19-2)10(6-9)14-11(7-13(17)18)15-8-16-14/h4-6,8H,3,7H2,1-2H3,(H,15,16)(H,17,18). The van der Waals surface area contributed by atoms with Crippen LogP contribution in [-0.2, 0) is 17.6 Å². The Kier molecular flexibility index (Phi) is 3.85. The minimum Gasteiger partial charge on any atom is -0.496 e. The van der Waals surface area contributed by atoms with Gasteiger partial charge in [0, 0.05) is 5.56 Å². The first-order chi connectivity index (χ1) is 9.15. The lowest BCUT2D eigenvalue weighted by molar-refractivity contribution is -0.136. The van der Waals surface area contributed by atoms with E-state index in [2.05, 4.69) is 16.9 Å². The van der Waals surface area contributed by atoms with E-state index in [1.165, 1.54) is 6.33 Å². The van der Waals surface area contributed by atoms with Crippen LogP contribution in [0.4, 0.5) is 0 Å². The van der Waals surface area contributed by atoms with E-state index < -0.39 is 5.97 Å². The Bertz CT molecular complexity index is 590. The summed E-state index contributed by atoms with van der Waals surface area (Å²) in [5.74, 6) is -0.202. The van der Waals surface area contributed by atoms with Crippen molar-refractivity contribution in [2.24, 2.45) is 0 Å². The molecule has 0 fully saturated rings. The lowest BCUT2D eigenvalue weighted by Crippen LogP contribution is -2.02. The van der Waals surface area contributed by atoms with E-state index in [9.17, 15) is 4.79 Å². The predicted molar refractivity (Wildman–Crippen MR) is 71.3 cm³/mol. The summed E-state index contributed by atoms with van der Waals surface area (Å²) in [6.07, 6.45) is 2.32. The summed E-state index contributed by atoms with van der Waals surface area (Å²) in [7, 11) is 1.59. The van der Waals surface area contributed by atoms with Gasteiger partial charge in [0.1, 0.15) is 5.75 Å². The van der Waals surface area contributed by atoms with Gasteiger partial charge in [-0.15, -0.1) is 0 Å². The van der Waals surface area contributed by atoms with Crippen molar-refractivity contribution in [1.82, 2.24) is 9.97 Å². The zero-order chi connectivity index (χ0) is 13.8. The smallest absolute Gasteiger partial charge is 0.309 e. The number of aryl methyl sites for hydroxylation is 1. The van der Waals surface area contributed by atoms with Crippen molar-refractivity contribution in [3.8, 4) is 17.0 Å². The van der Waals surface area contributed by atoms with Crippen molar-refractivity contribution >= 4 is 5.97 Å². The van der Waals surface area contributed by atoms with Gasteiger partial charge in [0.2, 0.25) is 0 Å². The summed E-state index contributed by atoms with van der Waals surface area (Å²) in [6.45, 7) is 2.06. The first kappa shape index (κ1) is 13.1. The number of aromatic amines is 1. The number of hydrogen-bond acceptors (Lipinski definition) is 3. The van der Waals surface area contributed by atoms with E-state index in [4.69, 9.17) is 9.84 Å². The van der Waals surface area contributed by atoms with Crippen LogP contribution in [0.1, 0.15) is 18.2 Å². The topological polar surface area (TPSA) is 75.2 Å². The second-order valence-electron chi connectivity index (χ2n) is 4.19. The van der Waals surface area contributed by atoms with Crippen molar-refractivity contribution in [1.29, 1.82) is 0 Å². The number of carboxylic acid groups (broad SMARTS) is 1. The number of methoxy groups -OCH3 is 1. The fourth-order valence-corrected chi connectivity index (χ4v) is 2.00. The molecule has 5 heteroatoms. The molecule has 0 amide bonds. The van der Waals surface area contributed by atoms with Gasteiger partial charge in [-0.2, -0.15) is 0 Å². The highest BCUT2D eigenvalue weighted by atomic mass is 16.5. The first-order valence-corrected chi connectivity index (χ1v) is 6.07. The Labute approximate surface area is 111 Å². The Morgan fingerprint density at radius 1 is 1.47 bits per heavy atom. The maximum absolute atomic E-state index is 10.8. The van der Waals surface area contributed by atoms with Crippen LogP contribution >= 0.6 is 0 Å². The number of rotatable bonds is 5. The number of H-pyrrole nitrogens is 1. The molecular formula is C14H16N2O3. The van der Waals surface area contributed by atoms with Crippen molar-refractivity contribution in [3.63, 3.8) is 0 Å². The molecule has 2 aromatic rings. The Morgan fingerprint density at radius 3 is 2.89 bits per heavy atom. The highest BCUT2D eigenvalue weighted by molar-refractivity contribution is 5.76. The van der Waals surface area contributed by atoms with Crippen LogP contribution in [0.15, 0.2) is 24.5 Å². The minimum absolute atomic E-state index is 0.0885. The molecule has 0 aliphatic carbocycles. The average Bonchev–Trinajstić information content (AvgIpc) is 2.85. The second-order valence-corrected chi connectivity index (χ2v) is 4.19. The number of aliphatic carboxylic acids is 1. The molecule has 0 radical (unpaired) electrons. The largest absolute Gasteiger partial charge is 0.496 e. The van der Waals surface area contributed by atoms with Crippen LogP contribution < -0.4 is 4.74 Å². The molecule has 0 aliphatic rings. The lowest BCUT2D eigenvalue weighted by Gasteiger charge is -2.09. The van der Waals surface area contributed by atoms with Crippen LogP contribution in [0.25, 0.3) is 11.3 Å². The predicted octanol–water partition coefficient (Wildman–Crippen LogP) is 2.27. The van der Waals surface area contributed by atoms with Gasteiger partial charge in [-0.05, 0) is 24.1 Å². The molecule has 2 rings (SSSR count). The molecule has 0 spiro atoms. The molecular weight excluding hydrogens is 244 g/mol. The highest BCUT2D eigenvalue weighted by Crippen LogP contribution is 2.31. The fourth-order valence-electron chi connectivity index (χ4n) is 2.00. The van der Waals surface area contributed by atoms with Crippen molar-refractivity contribution < 1.29 is 14.6 Å². The lowest BCUT2D eigenvalue weighted by atomic mass is 10.0. The number of carboxylic acids is 1. The van der Waals surface area contributed by atoms with Gasteiger partial charge in [0.25, 0.3) is 0 Å². The number of hydrogen-bond donors (Lipinski definition) is 2. The van der Waals surface area contributed by atoms with Crippen LogP contribution in [0, 0.1) is 0 Å². The van der Waals surface area contributed by atoms with Gasteiger partial charge in [0.05, 0.1) is 31.2 Å². The summed E-state index contributed by atoms with van der Waals surface area (Å²) in [4.78, 5) is 18.0. The Morgan fingerprint density at radius 2 is 2.26 bits per heavy atom. The normalized spacial score (nSPS) is 10.4. The molecule has 2 N–H and O–H groups in total. The van der Waals surface area contributed by atoms with Gasteiger partial charge < -0.3 is 14.8 Å². The Balaban J connectivity index is 2.51. The quantitative estimate of drug-likeness (QED) is 0.864. The summed E-state index contributed by atoms with van der Waals surface area (Å²) in [5, 5.41) is 8.90. The third-order valence-corrected chi connectivity index (χ3v) is 2.97. The molecule has 1 aromatic heterocycles. The molecule has 0 saturated carbocycles. The Hall–Kier alpha value is -2.30. The fraction of sp³-hybridized carbons (Fsp3) is 0.286. The molecule has 0 saturated heterocycles. The van der Waals surface area contributed by atoms with Crippen LogP contribution in [0.2, 0.25) is 0 Å². The number of nitrogens with one attached hydrogen (secondary N) is 1. The van der Waals surface area contributed by atoms with Crippen LogP contribution in [-0.4, -0.2) is 28.2 Å². The van der Waals surface area contributed by atoms with Gasteiger partial charge in [0.15, 0.2) is 0 Å². The van der Waals surface area contributed by atoms with E-state index in [0.717, 1.165) is 17.5 Å². The summed E-state index contributed by atoms with van der Waals surface area (Å²) in [5.41, 5.74) is 3.19. The maximum Gasteiger partial charge on any atom is 0.309 e. The molecule has 0 atom stereocenters. The molecule has 0 bridgehead atoms. The summed E-state index contributed by atoms with van der Waals surface area (Å²) < 4.78 is 5.33. The number of imidazole rings is 1. The number of aromatic nitrogens is 2. The monoisotopic (exact) mass is 260 g/mol. The van der Waals surface area contributed by atoms with E-state index in [1.807, 2.05) is 18.2 Å². The van der Waals surface area contributed by atoms with E-state index >= 15 is 0 Å². The van der Waals surface area contributed by atoms with E-state index in [1.54, 1.807) is 7.11 Å². The molecule has 0 aliphatic heterocycles. The summed E-state index contributed by atoms with van der Waals surface area (Å²) in [6, 6.07) is 5.86. The highest BCUT2D eigenvalue weighted by Gasteiger charge is 2.15. The number of carbonyl (C=O) groups is 1. The maximum atomic E-state index is 10.8. The van der Waals surface area contributed by atoms with Crippen LogP contribution in [0.5, 0.6) is 5.75 Å². The van der Waals surface area contributed by atoms with Gasteiger partial charge in [-0.3, -0.25) is 4.79 Å². The molecule has 100 valence electrons. The molecule has 0 unspecified atom stereocenters. The molecule has 5 nitrogen and oxygen atoms in total. The minimum atomic E-state index is -0.892. The SMILES string of the molecule is CCc1ccc(OC)c(-c2nc[nH]c2CC(=O)O)c1.